The Morgan fingerprint density at radius 3 is 2.63 bits per heavy atom. The van der Waals surface area contributed by atoms with Crippen LogP contribution in [0.5, 0.6) is 11.5 Å². The lowest BCUT2D eigenvalue weighted by Gasteiger charge is -2.29. The van der Waals surface area contributed by atoms with E-state index in [0.29, 0.717) is 82.9 Å². The van der Waals surface area contributed by atoms with Gasteiger partial charge in [0, 0.05) is 51.0 Å². The molecule has 4 aliphatic rings. The number of pyridine rings is 1. The minimum absolute atomic E-state index is 0.0790. The van der Waals surface area contributed by atoms with Gasteiger partial charge in [-0.05, 0) is 55.3 Å². The van der Waals surface area contributed by atoms with Gasteiger partial charge in [-0.25, -0.2) is 9.78 Å². The van der Waals surface area contributed by atoms with Gasteiger partial charge in [0.15, 0.2) is 0 Å². The smallest absolute Gasteiger partial charge is 0.331 e. The molecule has 6 heterocycles. The van der Waals surface area contributed by atoms with Crippen molar-refractivity contribution in [3.8, 4) is 11.5 Å². The molecule has 252 valence electrons. The van der Waals surface area contributed by atoms with Crippen LogP contribution in [0.2, 0.25) is 0 Å². The van der Waals surface area contributed by atoms with Crippen LogP contribution in [0, 0.1) is 6.92 Å². The summed E-state index contributed by atoms with van der Waals surface area (Å²) in [5, 5.41) is 6.82. The van der Waals surface area contributed by atoms with E-state index >= 15 is 0 Å². The Labute approximate surface area is 287 Å². The second-order valence-corrected chi connectivity index (χ2v) is 13.6. The van der Waals surface area contributed by atoms with Gasteiger partial charge < -0.3 is 29.7 Å². The average Bonchev–Trinajstić information content (AvgIpc) is 3.84. The van der Waals surface area contributed by atoms with E-state index in [1.807, 2.05) is 61.5 Å². The summed E-state index contributed by atoms with van der Waals surface area (Å²) in [6, 6.07) is 16.1. The van der Waals surface area contributed by atoms with Gasteiger partial charge in [-0.3, -0.25) is 19.4 Å². The zero-order valence-electron chi connectivity index (χ0n) is 27.0. The number of carbonyl (C=O) groups is 3. The molecule has 3 atom stereocenters. The number of likely N-dealkylation sites (tertiary alicyclic amines) is 2. The molecule has 13 heteroatoms. The molecule has 2 N–H and O–H groups in total. The molecule has 0 unspecified atom stereocenters. The number of thiophene rings is 1. The van der Waals surface area contributed by atoms with E-state index in [1.54, 1.807) is 28.1 Å². The molecule has 0 saturated carbocycles. The van der Waals surface area contributed by atoms with Crippen molar-refractivity contribution in [3.63, 3.8) is 0 Å². The van der Waals surface area contributed by atoms with E-state index in [-0.39, 0.29) is 36.1 Å². The van der Waals surface area contributed by atoms with Crippen molar-refractivity contribution < 1.29 is 28.6 Å². The van der Waals surface area contributed by atoms with Crippen molar-refractivity contribution in [2.75, 3.05) is 56.2 Å². The topological polar surface area (TPSA) is 126 Å². The van der Waals surface area contributed by atoms with Crippen LogP contribution < -0.4 is 20.3 Å². The highest BCUT2D eigenvalue weighted by atomic mass is 32.1. The number of nitrogens with zero attached hydrogens (tertiary/aromatic N) is 4. The Balaban J connectivity index is 0.970. The molecule has 4 amide bonds. The molecule has 8 rings (SSSR count). The lowest BCUT2D eigenvalue weighted by molar-refractivity contribution is -0.125. The maximum atomic E-state index is 14.0. The summed E-state index contributed by atoms with van der Waals surface area (Å²) in [4.78, 5) is 51.8. The Kier molecular flexibility index (Phi) is 8.50. The van der Waals surface area contributed by atoms with Gasteiger partial charge in [-0.15, -0.1) is 11.3 Å². The number of aromatic nitrogens is 1. The standard InChI is InChI=1S/C36H36N6O6S/c1-22-18-25(48-24-6-3-2-4-7-24)9-10-27(22)42-32-31-26(39-36(42)45)11-13-37-35(31)49-33(32)34(44)38-23-12-15-41(19-23)30(43)8-5-14-40-20-28-29(21-40)47-17-16-46-28/h2-11,13,18,23,28-29H,12,14-17,19-21H2,1H3,(H,38,44)(H,39,45)/b8-5+/t23-,28-,29+/m1/s1. The first-order chi connectivity index (χ1) is 23.9. The fourth-order valence-electron chi connectivity index (χ4n) is 6.97. The molecule has 3 saturated heterocycles. The van der Waals surface area contributed by atoms with Crippen LogP contribution in [0.4, 0.5) is 21.9 Å². The number of hydrogen-bond acceptors (Lipinski definition) is 9. The number of anilines is 3. The number of hydrogen-bond donors (Lipinski definition) is 2. The summed E-state index contributed by atoms with van der Waals surface area (Å²) in [5.74, 6) is 0.954. The fraction of sp³-hybridized carbons (Fsp3) is 0.333. The number of nitrogens with one attached hydrogen (secondary N) is 2. The Morgan fingerprint density at radius 2 is 1.86 bits per heavy atom. The summed E-state index contributed by atoms with van der Waals surface area (Å²) in [5.41, 5.74) is 2.52. The first kappa shape index (κ1) is 31.4. The van der Waals surface area contributed by atoms with Crippen molar-refractivity contribution in [3.05, 3.63) is 83.4 Å². The lowest BCUT2D eigenvalue weighted by Crippen LogP contribution is -2.39. The highest BCUT2D eigenvalue weighted by Gasteiger charge is 2.37. The van der Waals surface area contributed by atoms with Gasteiger partial charge in [0.2, 0.25) is 5.91 Å². The summed E-state index contributed by atoms with van der Waals surface area (Å²) in [6.07, 6.45) is 5.97. The molecule has 0 aliphatic carbocycles. The molecule has 12 nitrogen and oxygen atoms in total. The number of urea groups is 1. The van der Waals surface area contributed by atoms with Crippen LogP contribution in [0.25, 0.3) is 10.2 Å². The third-order valence-corrected chi connectivity index (χ3v) is 10.4. The number of ether oxygens (including phenoxy) is 3. The zero-order valence-corrected chi connectivity index (χ0v) is 27.8. The molecule has 4 aromatic rings. The van der Waals surface area contributed by atoms with E-state index in [9.17, 15) is 14.4 Å². The van der Waals surface area contributed by atoms with Crippen molar-refractivity contribution in [2.24, 2.45) is 0 Å². The van der Waals surface area contributed by atoms with Gasteiger partial charge in [-0.2, -0.15) is 0 Å². The predicted molar refractivity (Wildman–Crippen MR) is 186 cm³/mol. The number of benzene rings is 2. The normalized spacial score (nSPS) is 22.1. The summed E-state index contributed by atoms with van der Waals surface area (Å²) in [6.45, 7) is 6.35. The quantitative estimate of drug-likeness (QED) is 0.248. The molecule has 0 spiro atoms. The first-order valence-electron chi connectivity index (χ1n) is 16.5. The van der Waals surface area contributed by atoms with E-state index in [4.69, 9.17) is 14.2 Å². The van der Waals surface area contributed by atoms with Gasteiger partial charge in [-0.1, -0.05) is 24.3 Å². The van der Waals surface area contributed by atoms with Crippen LogP contribution in [-0.2, 0) is 14.3 Å². The highest BCUT2D eigenvalue weighted by molar-refractivity contribution is 7.21. The molecular formula is C36H36N6O6S. The van der Waals surface area contributed by atoms with Gasteiger partial charge >= 0.3 is 6.03 Å². The first-order valence-corrected chi connectivity index (χ1v) is 17.3. The summed E-state index contributed by atoms with van der Waals surface area (Å²) in [7, 11) is 0. The average molecular weight is 681 g/mol. The largest absolute Gasteiger partial charge is 0.457 e. The molecule has 3 fully saturated rings. The monoisotopic (exact) mass is 680 g/mol. The van der Waals surface area contributed by atoms with Crippen molar-refractivity contribution in [2.45, 2.75) is 31.6 Å². The third-order valence-electron chi connectivity index (χ3n) is 9.33. The van der Waals surface area contributed by atoms with Crippen molar-refractivity contribution >= 4 is 56.5 Å². The number of para-hydroxylation sites is 1. The third kappa shape index (κ3) is 6.26. The second-order valence-electron chi connectivity index (χ2n) is 12.6. The second kappa shape index (κ2) is 13.2. The Hall–Kier alpha value is -4.82. The minimum Gasteiger partial charge on any atom is -0.457 e. The van der Waals surface area contributed by atoms with Gasteiger partial charge in [0.1, 0.15) is 21.2 Å². The van der Waals surface area contributed by atoms with Crippen molar-refractivity contribution in [1.29, 1.82) is 0 Å². The lowest BCUT2D eigenvalue weighted by atomic mass is 10.1. The fourth-order valence-corrected chi connectivity index (χ4v) is 8.03. The number of aryl methyl sites for hydroxylation is 1. The Bertz CT molecular complexity index is 1930. The molecule has 2 aromatic carbocycles. The van der Waals surface area contributed by atoms with E-state index in [1.165, 1.54) is 11.3 Å². The van der Waals surface area contributed by atoms with Crippen LogP contribution in [0.1, 0.15) is 21.7 Å². The molecule has 4 aliphatic heterocycles. The van der Waals surface area contributed by atoms with E-state index in [0.717, 1.165) is 18.7 Å². The van der Waals surface area contributed by atoms with Crippen LogP contribution in [-0.4, -0.2) is 96.8 Å². The van der Waals surface area contributed by atoms with Crippen LogP contribution in [0.15, 0.2) is 72.9 Å². The van der Waals surface area contributed by atoms with Gasteiger partial charge in [0.05, 0.1) is 47.9 Å². The maximum Gasteiger partial charge on any atom is 0.331 e. The zero-order chi connectivity index (χ0) is 33.5. The molecule has 2 aromatic heterocycles. The number of amides is 4. The SMILES string of the molecule is Cc1cc(Oc2ccccc2)ccc1N1C(=O)Nc2ccnc3sc(C(=O)N[C@@H]4CCN(C(=O)/C=C/CN5C[C@@H]6OCCO[C@@H]6C5)C4)c1c23. The number of fused-ring (bicyclic) bond motifs is 1. The maximum absolute atomic E-state index is 14.0. The molecule has 49 heavy (non-hydrogen) atoms. The van der Waals surface area contributed by atoms with Crippen LogP contribution in [0.3, 0.4) is 0 Å². The van der Waals surface area contributed by atoms with E-state index in [2.05, 4.69) is 20.5 Å². The minimum atomic E-state index is -0.371. The molecule has 0 bridgehead atoms. The molecular weight excluding hydrogens is 644 g/mol. The predicted octanol–water partition coefficient (Wildman–Crippen LogP) is 5.07. The number of carbonyl (C=O) groups excluding carboxylic acids is 3. The number of rotatable bonds is 8. The van der Waals surface area contributed by atoms with Crippen LogP contribution >= 0.6 is 11.3 Å². The summed E-state index contributed by atoms with van der Waals surface area (Å²) >= 11 is 1.25. The van der Waals surface area contributed by atoms with E-state index < -0.39 is 0 Å². The van der Waals surface area contributed by atoms with Gasteiger partial charge in [0.25, 0.3) is 5.91 Å². The Morgan fingerprint density at radius 1 is 1.06 bits per heavy atom. The highest BCUT2D eigenvalue weighted by Crippen LogP contribution is 2.48. The van der Waals surface area contributed by atoms with Crippen molar-refractivity contribution in [1.82, 2.24) is 20.1 Å². The molecule has 0 radical (unpaired) electrons. The summed E-state index contributed by atoms with van der Waals surface area (Å²) < 4.78 is 17.6.